The number of hydrogen-bond acceptors (Lipinski definition) is 4. The third kappa shape index (κ3) is 3.61. The zero-order chi connectivity index (χ0) is 14.8. The lowest BCUT2D eigenvalue weighted by Gasteiger charge is -2.13. The molecule has 0 saturated heterocycles. The van der Waals surface area contributed by atoms with Gasteiger partial charge in [0.15, 0.2) is 0 Å². The van der Waals surface area contributed by atoms with Gasteiger partial charge in [0, 0.05) is 18.0 Å². The van der Waals surface area contributed by atoms with Gasteiger partial charge in [0.05, 0.1) is 0 Å². The molecule has 1 aromatic rings. The normalized spacial score (nSPS) is 23.4. The van der Waals surface area contributed by atoms with E-state index in [4.69, 9.17) is 0 Å². The highest BCUT2D eigenvalue weighted by Crippen LogP contribution is 2.31. The maximum Gasteiger partial charge on any atom is 0.241 e. The fourth-order valence-corrected chi connectivity index (χ4v) is 5.88. The van der Waals surface area contributed by atoms with Gasteiger partial charge in [-0.2, -0.15) is 0 Å². The summed E-state index contributed by atoms with van der Waals surface area (Å²) < 4.78 is 27.8. The lowest BCUT2D eigenvalue weighted by molar-refractivity contribution is 0.498. The molecular weight excluding hydrogens is 292 g/mol. The van der Waals surface area contributed by atoms with Crippen molar-refractivity contribution in [2.45, 2.75) is 44.6 Å². The minimum Gasteiger partial charge on any atom is -0.315 e. The number of nitrogens with one attached hydrogen (secondary N) is 2. The first kappa shape index (κ1) is 15.9. The Balaban J connectivity index is 2.08. The molecule has 1 aromatic heterocycles. The predicted octanol–water partition coefficient (Wildman–Crippen LogP) is 2.49. The van der Waals surface area contributed by atoms with Crippen molar-refractivity contribution in [2.24, 2.45) is 11.8 Å². The molecule has 20 heavy (non-hydrogen) atoms. The second kappa shape index (κ2) is 6.56. The summed E-state index contributed by atoms with van der Waals surface area (Å²) in [7, 11) is -1.55. The first-order valence-corrected chi connectivity index (χ1v) is 9.51. The Morgan fingerprint density at radius 2 is 2.15 bits per heavy atom. The zero-order valence-electron chi connectivity index (χ0n) is 12.4. The number of hydrogen-bond donors (Lipinski definition) is 2. The third-order valence-electron chi connectivity index (χ3n) is 3.96. The molecule has 1 saturated carbocycles. The molecule has 4 nitrogen and oxygen atoms in total. The number of rotatable bonds is 6. The smallest absolute Gasteiger partial charge is 0.241 e. The van der Waals surface area contributed by atoms with Crippen LogP contribution in [0.15, 0.2) is 10.3 Å². The SMILES string of the molecule is CNCc1scc(C)c1S(=O)(=O)NCC1CCC(C)C1. The van der Waals surface area contributed by atoms with Crippen molar-refractivity contribution in [3.05, 3.63) is 15.8 Å². The summed E-state index contributed by atoms with van der Waals surface area (Å²) >= 11 is 1.50. The molecule has 1 heterocycles. The minimum atomic E-state index is -3.39. The molecule has 0 spiro atoms. The Morgan fingerprint density at radius 1 is 1.40 bits per heavy atom. The van der Waals surface area contributed by atoms with Crippen molar-refractivity contribution < 1.29 is 8.42 Å². The summed E-state index contributed by atoms with van der Waals surface area (Å²) in [5.74, 6) is 1.22. The van der Waals surface area contributed by atoms with Gasteiger partial charge in [0.25, 0.3) is 0 Å². The molecule has 1 aliphatic carbocycles. The highest BCUT2D eigenvalue weighted by molar-refractivity contribution is 7.89. The summed E-state index contributed by atoms with van der Waals surface area (Å²) in [6, 6.07) is 0. The molecule has 2 rings (SSSR count). The van der Waals surface area contributed by atoms with Gasteiger partial charge < -0.3 is 5.32 Å². The van der Waals surface area contributed by atoms with Crippen LogP contribution in [0.4, 0.5) is 0 Å². The van der Waals surface area contributed by atoms with Gasteiger partial charge in [-0.05, 0) is 49.6 Å². The van der Waals surface area contributed by atoms with E-state index in [2.05, 4.69) is 17.0 Å². The summed E-state index contributed by atoms with van der Waals surface area (Å²) in [6.45, 7) is 5.26. The average molecular weight is 316 g/mol. The highest BCUT2D eigenvalue weighted by Gasteiger charge is 2.26. The van der Waals surface area contributed by atoms with Gasteiger partial charge in [0.1, 0.15) is 4.90 Å². The summed E-state index contributed by atoms with van der Waals surface area (Å²) in [6.07, 6.45) is 3.49. The Morgan fingerprint density at radius 3 is 2.75 bits per heavy atom. The number of aryl methyl sites for hydroxylation is 1. The Kier molecular flexibility index (Phi) is 5.23. The molecule has 1 fully saturated rings. The number of thiophene rings is 1. The van der Waals surface area contributed by atoms with Crippen molar-refractivity contribution >= 4 is 21.4 Å². The van der Waals surface area contributed by atoms with Crippen LogP contribution in [0.1, 0.15) is 36.6 Å². The topological polar surface area (TPSA) is 58.2 Å². The zero-order valence-corrected chi connectivity index (χ0v) is 14.0. The van der Waals surface area contributed by atoms with Gasteiger partial charge in [-0.1, -0.05) is 13.3 Å². The lowest BCUT2D eigenvalue weighted by Crippen LogP contribution is -2.29. The van der Waals surface area contributed by atoms with Gasteiger partial charge in [-0.3, -0.25) is 0 Å². The van der Waals surface area contributed by atoms with Crippen LogP contribution in [-0.2, 0) is 16.6 Å². The molecule has 6 heteroatoms. The molecular formula is C14H24N2O2S2. The van der Waals surface area contributed by atoms with Crippen LogP contribution in [0.3, 0.4) is 0 Å². The van der Waals surface area contributed by atoms with E-state index in [0.717, 1.165) is 29.2 Å². The second-order valence-corrected chi connectivity index (χ2v) is 8.51. The molecule has 0 aliphatic heterocycles. The van der Waals surface area contributed by atoms with Gasteiger partial charge >= 0.3 is 0 Å². The van der Waals surface area contributed by atoms with Gasteiger partial charge in [-0.15, -0.1) is 11.3 Å². The van der Waals surface area contributed by atoms with Gasteiger partial charge in [0.2, 0.25) is 10.0 Å². The molecule has 2 N–H and O–H groups in total. The largest absolute Gasteiger partial charge is 0.315 e. The van der Waals surface area contributed by atoms with Gasteiger partial charge in [-0.25, -0.2) is 13.1 Å². The van der Waals surface area contributed by atoms with Crippen molar-refractivity contribution in [3.63, 3.8) is 0 Å². The average Bonchev–Trinajstić information content (AvgIpc) is 2.95. The van der Waals surface area contributed by atoms with Crippen LogP contribution in [0.5, 0.6) is 0 Å². The van der Waals surface area contributed by atoms with Crippen molar-refractivity contribution in [1.29, 1.82) is 0 Å². The van der Waals surface area contributed by atoms with E-state index < -0.39 is 10.0 Å². The van der Waals surface area contributed by atoms with Crippen molar-refractivity contribution in [2.75, 3.05) is 13.6 Å². The Bertz CT molecular complexity index is 552. The highest BCUT2D eigenvalue weighted by atomic mass is 32.2. The van der Waals surface area contributed by atoms with Crippen LogP contribution < -0.4 is 10.0 Å². The van der Waals surface area contributed by atoms with Crippen LogP contribution in [0, 0.1) is 18.8 Å². The predicted molar refractivity (Wildman–Crippen MR) is 83.5 cm³/mol. The molecule has 0 amide bonds. The fourth-order valence-electron chi connectivity index (χ4n) is 2.94. The first-order chi connectivity index (χ1) is 9.44. The molecule has 2 unspecified atom stereocenters. The molecule has 0 aromatic carbocycles. The van der Waals surface area contributed by atoms with Crippen LogP contribution >= 0.6 is 11.3 Å². The Hall–Kier alpha value is -0.430. The van der Waals surface area contributed by atoms with E-state index >= 15 is 0 Å². The monoisotopic (exact) mass is 316 g/mol. The lowest BCUT2D eigenvalue weighted by atomic mass is 10.1. The fraction of sp³-hybridized carbons (Fsp3) is 0.714. The van der Waals surface area contributed by atoms with Crippen LogP contribution in [-0.4, -0.2) is 22.0 Å². The second-order valence-electron chi connectivity index (χ2n) is 5.84. The standard InChI is InChI=1S/C14H24N2O2S2/c1-10-4-5-12(6-10)7-16-20(17,18)14-11(2)9-19-13(14)8-15-3/h9-10,12,15-16H,4-8H2,1-3H3. The van der Waals surface area contributed by atoms with Crippen LogP contribution in [0.2, 0.25) is 0 Å². The quantitative estimate of drug-likeness (QED) is 0.848. The maximum absolute atomic E-state index is 12.5. The van der Waals surface area contributed by atoms with Crippen LogP contribution in [0.25, 0.3) is 0 Å². The van der Waals surface area contributed by atoms with E-state index in [-0.39, 0.29) is 0 Å². The summed E-state index contributed by atoms with van der Waals surface area (Å²) in [5, 5.41) is 4.95. The Labute approximate surface area is 126 Å². The molecule has 0 bridgehead atoms. The number of sulfonamides is 1. The van der Waals surface area contributed by atoms with Crippen molar-refractivity contribution in [3.8, 4) is 0 Å². The third-order valence-corrected chi connectivity index (χ3v) is 6.85. The van der Waals surface area contributed by atoms with Crippen molar-refractivity contribution in [1.82, 2.24) is 10.0 Å². The molecule has 1 aliphatic rings. The molecule has 2 atom stereocenters. The maximum atomic E-state index is 12.5. The first-order valence-electron chi connectivity index (χ1n) is 7.15. The summed E-state index contributed by atoms with van der Waals surface area (Å²) in [4.78, 5) is 1.36. The van der Waals surface area contributed by atoms with E-state index in [9.17, 15) is 8.42 Å². The van der Waals surface area contributed by atoms with E-state index in [1.54, 1.807) is 0 Å². The van der Waals surface area contributed by atoms with E-state index in [1.807, 2.05) is 19.4 Å². The molecule has 0 radical (unpaired) electrons. The molecule has 114 valence electrons. The minimum absolute atomic E-state index is 0.475. The van der Waals surface area contributed by atoms with E-state index in [1.165, 1.54) is 17.8 Å². The summed E-state index contributed by atoms with van der Waals surface area (Å²) in [5.41, 5.74) is 0.840. The van der Waals surface area contributed by atoms with E-state index in [0.29, 0.717) is 23.9 Å².